The first-order chi connectivity index (χ1) is 11.8. The Bertz CT molecular complexity index is 853. The van der Waals surface area contributed by atoms with Crippen LogP contribution in [0.3, 0.4) is 0 Å². The van der Waals surface area contributed by atoms with E-state index in [-0.39, 0.29) is 29.1 Å². The molecule has 1 heterocycles. The van der Waals surface area contributed by atoms with Crippen molar-refractivity contribution in [1.82, 2.24) is 14.7 Å². The first-order valence-electron chi connectivity index (χ1n) is 7.25. The van der Waals surface area contributed by atoms with Gasteiger partial charge in [-0.3, -0.25) is 5.32 Å². The molecule has 2 rings (SSSR count). The van der Waals surface area contributed by atoms with Crippen molar-refractivity contribution < 1.29 is 17.9 Å². The van der Waals surface area contributed by atoms with Crippen molar-refractivity contribution >= 4 is 33.6 Å². The second kappa shape index (κ2) is 8.13. The first kappa shape index (κ1) is 18.9. The molecule has 1 aromatic heterocycles. The molecule has 2 amide bonds. The van der Waals surface area contributed by atoms with Crippen molar-refractivity contribution in [3.05, 3.63) is 41.7 Å². The summed E-state index contributed by atoms with van der Waals surface area (Å²) in [5.41, 5.74) is 1.29. The third-order valence-corrected chi connectivity index (χ3v) is 4.43. The highest BCUT2D eigenvalue weighted by molar-refractivity contribution is 7.90. The summed E-state index contributed by atoms with van der Waals surface area (Å²) in [6.45, 7) is 3.61. The number of sulfonamides is 1. The Morgan fingerprint density at radius 1 is 1.20 bits per heavy atom. The fourth-order valence-corrected chi connectivity index (χ4v) is 3.16. The molecule has 0 spiro atoms. The van der Waals surface area contributed by atoms with Crippen LogP contribution in [-0.4, -0.2) is 36.9 Å². The van der Waals surface area contributed by atoms with Crippen molar-refractivity contribution in [3.63, 3.8) is 0 Å². The molecule has 0 aliphatic heterocycles. The number of ether oxygens (including phenoxy) is 1. The predicted octanol–water partition coefficient (Wildman–Crippen LogP) is 2.22. The van der Waals surface area contributed by atoms with E-state index in [0.29, 0.717) is 11.4 Å². The molecular formula is C15H17ClN4O4S. The molecule has 0 aliphatic rings. The molecule has 0 saturated carbocycles. The molecule has 1 aromatic carbocycles. The molecule has 25 heavy (non-hydrogen) atoms. The molecule has 0 atom stereocenters. The normalized spacial score (nSPS) is 11.0. The summed E-state index contributed by atoms with van der Waals surface area (Å²) in [7, 11) is -4.15. The summed E-state index contributed by atoms with van der Waals surface area (Å²) in [6, 6.07) is 6.69. The van der Waals surface area contributed by atoms with Gasteiger partial charge in [0.2, 0.25) is 5.95 Å². The second-order valence-electron chi connectivity index (χ2n) is 5.02. The summed E-state index contributed by atoms with van der Waals surface area (Å²) >= 11 is 5.55. The van der Waals surface area contributed by atoms with Crippen LogP contribution in [0.5, 0.6) is 5.75 Å². The molecule has 2 aromatic rings. The summed E-state index contributed by atoms with van der Waals surface area (Å²) in [6.07, 6.45) is 0. The van der Waals surface area contributed by atoms with E-state index in [2.05, 4.69) is 15.3 Å². The van der Waals surface area contributed by atoms with Crippen LogP contribution in [0.15, 0.2) is 35.2 Å². The van der Waals surface area contributed by atoms with E-state index in [9.17, 15) is 13.2 Å². The van der Waals surface area contributed by atoms with Gasteiger partial charge in [-0.15, -0.1) is 11.6 Å². The van der Waals surface area contributed by atoms with E-state index < -0.39 is 16.1 Å². The van der Waals surface area contributed by atoms with Crippen LogP contribution in [0.4, 0.5) is 10.7 Å². The van der Waals surface area contributed by atoms with Crippen molar-refractivity contribution in [1.29, 1.82) is 0 Å². The molecular weight excluding hydrogens is 368 g/mol. The highest BCUT2D eigenvalue weighted by Gasteiger charge is 2.22. The fourth-order valence-electron chi connectivity index (χ4n) is 2.03. The summed E-state index contributed by atoms with van der Waals surface area (Å²) in [5, 5.41) is 2.30. The molecule has 0 saturated heterocycles. The van der Waals surface area contributed by atoms with E-state index in [4.69, 9.17) is 16.3 Å². The lowest BCUT2D eigenvalue weighted by Crippen LogP contribution is -2.35. The van der Waals surface area contributed by atoms with Crippen LogP contribution >= 0.6 is 11.6 Å². The van der Waals surface area contributed by atoms with Gasteiger partial charge in [0, 0.05) is 11.4 Å². The van der Waals surface area contributed by atoms with E-state index in [0.717, 1.165) is 0 Å². The van der Waals surface area contributed by atoms with Gasteiger partial charge < -0.3 is 4.74 Å². The number of nitrogens with one attached hydrogen (secondary N) is 2. The van der Waals surface area contributed by atoms with E-state index in [1.807, 2.05) is 4.72 Å². The van der Waals surface area contributed by atoms with Crippen molar-refractivity contribution in [2.75, 3.05) is 17.8 Å². The van der Waals surface area contributed by atoms with Crippen LogP contribution in [0.25, 0.3) is 0 Å². The Labute approximate surface area is 150 Å². The Kier molecular flexibility index (Phi) is 6.16. The first-order valence-corrected chi connectivity index (χ1v) is 9.27. The Morgan fingerprint density at radius 3 is 2.48 bits per heavy atom. The summed E-state index contributed by atoms with van der Waals surface area (Å²) < 4.78 is 32.1. The molecule has 2 N–H and O–H groups in total. The van der Waals surface area contributed by atoms with Gasteiger partial charge in [-0.25, -0.2) is 27.9 Å². The molecule has 8 nitrogen and oxygen atoms in total. The second-order valence-corrected chi connectivity index (χ2v) is 7.05. The third kappa shape index (κ3) is 5.30. The minimum absolute atomic E-state index is 0.0110. The number of hydrogen-bond donors (Lipinski definition) is 2. The van der Waals surface area contributed by atoms with Gasteiger partial charge in [-0.05, 0) is 32.0 Å². The van der Waals surface area contributed by atoms with Gasteiger partial charge in [0.15, 0.2) is 0 Å². The van der Waals surface area contributed by atoms with Crippen molar-refractivity contribution in [2.45, 2.75) is 18.7 Å². The van der Waals surface area contributed by atoms with Crippen molar-refractivity contribution in [2.24, 2.45) is 0 Å². The number of para-hydroxylation sites is 1. The molecule has 0 aliphatic carbocycles. The van der Waals surface area contributed by atoms with E-state index in [1.165, 1.54) is 18.2 Å². The van der Waals surface area contributed by atoms with Gasteiger partial charge in [0.1, 0.15) is 17.3 Å². The zero-order valence-electron chi connectivity index (χ0n) is 13.6. The minimum Gasteiger partial charge on any atom is -0.491 e. The van der Waals surface area contributed by atoms with Crippen molar-refractivity contribution in [3.8, 4) is 5.75 Å². The number of urea groups is 1. The number of benzene rings is 1. The van der Waals surface area contributed by atoms with Gasteiger partial charge in [-0.1, -0.05) is 12.1 Å². The SMILES string of the molecule is Cc1cc(C)nc(NC(=O)NS(=O)(=O)c2ccccc2OCCCl)n1. The largest absolute Gasteiger partial charge is 0.491 e. The standard InChI is InChI=1S/C15H17ClN4O4S/c1-10-9-11(2)18-14(17-10)19-15(21)20-25(22,23)13-6-4-3-5-12(13)24-8-7-16/h3-6,9H,7-8H2,1-2H3,(H2,17,18,19,20,21). The monoisotopic (exact) mass is 384 g/mol. The number of rotatable bonds is 6. The summed E-state index contributed by atoms with van der Waals surface area (Å²) in [4.78, 5) is 19.9. The molecule has 0 radical (unpaired) electrons. The molecule has 10 heteroatoms. The maximum atomic E-state index is 12.4. The van der Waals surface area contributed by atoms with Crippen LogP contribution in [0.2, 0.25) is 0 Å². The number of carbonyl (C=O) groups is 1. The number of halogens is 1. The van der Waals surface area contributed by atoms with Gasteiger partial charge in [0.05, 0.1) is 5.88 Å². The predicted molar refractivity (Wildman–Crippen MR) is 93.5 cm³/mol. The lowest BCUT2D eigenvalue weighted by Gasteiger charge is -2.12. The highest BCUT2D eigenvalue weighted by Crippen LogP contribution is 2.23. The average Bonchev–Trinajstić information content (AvgIpc) is 2.51. The fraction of sp³-hybridized carbons (Fsp3) is 0.267. The summed E-state index contributed by atoms with van der Waals surface area (Å²) in [5.74, 6) is 0.315. The van der Waals surface area contributed by atoms with Crippen LogP contribution in [0.1, 0.15) is 11.4 Å². The number of aromatic nitrogens is 2. The number of amides is 2. The third-order valence-electron chi connectivity index (χ3n) is 2.91. The topological polar surface area (TPSA) is 110 Å². The minimum atomic E-state index is -4.15. The number of aryl methyl sites for hydroxylation is 2. The number of carbonyl (C=O) groups excluding carboxylic acids is 1. The lowest BCUT2D eigenvalue weighted by molar-refractivity contribution is 0.256. The molecule has 0 unspecified atom stereocenters. The van der Waals surface area contributed by atoms with Gasteiger partial charge >= 0.3 is 6.03 Å². The van der Waals surface area contributed by atoms with Crippen LogP contribution in [0, 0.1) is 13.8 Å². The van der Waals surface area contributed by atoms with Gasteiger partial charge in [-0.2, -0.15) is 0 Å². The molecule has 0 fully saturated rings. The lowest BCUT2D eigenvalue weighted by atomic mass is 10.3. The Hall–Kier alpha value is -2.39. The Balaban J connectivity index is 2.16. The quantitative estimate of drug-likeness (QED) is 0.739. The number of nitrogens with zero attached hydrogens (tertiary/aromatic N) is 2. The van der Waals surface area contributed by atoms with Gasteiger partial charge in [0.25, 0.3) is 10.0 Å². The molecule has 134 valence electrons. The Morgan fingerprint density at radius 2 is 1.84 bits per heavy atom. The smallest absolute Gasteiger partial charge is 0.335 e. The molecule has 0 bridgehead atoms. The zero-order valence-corrected chi connectivity index (χ0v) is 15.2. The highest BCUT2D eigenvalue weighted by atomic mass is 35.5. The maximum absolute atomic E-state index is 12.4. The van der Waals surface area contributed by atoms with Crippen LogP contribution < -0.4 is 14.8 Å². The van der Waals surface area contributed by atoms with E-state index >= 15 is 0 Å². The maximum Gasteiger partial charge on any atom is 0.335 e. The van der Waals surface area contributed by atoms with E-state index in [1.54, 1.807) is 26.0 Å². The number of anilines is 1. The number of hydrogen-bond acceptors (Lipinski definition) is 6. The number of alkyl halides is 1. The zero-order chi connectivity index (χ0) is 18.4. The average molecular weight is 385 g/mol. The van der Waals surface area contributed by atoms with Crippen LogP contribution in [-0.2, 0) is 10.0 Å².